The monoisotopic (exact) mass is 389 g/mol. The summed E-state index contributed by atoms with van der Waals surface area (Å²) in [6, 6.07) is 10.0. The van der Waals surface area contributed by atoms with Gasteiger partial charge in [-0.15, -0.1) is 0 Å². The smallest absolute Gasteiger partial charge is 0.408 e. The van der Waals surface area contributed by atoms with Crippen molar-refractivity contribution >= 4 is 12.1 Å². The van der Waals surface area contributed by atoms with E-state index >= 15 is 0 Å². The summed E-state index contributed by atoms with van der Waals surface area (Å²) >= 11 is 0. The number of amides is 1. The van der Waals surface area contributed by atoms with Crippen LogP contribution >= 0.6 is 0 Å². The molecule has 0 bridgehead atoms. The molecular formula is C21H27NO6. The highest BCUT2D eigenvalue weighted by atomic mass is 16.6. The topological polar surface area (TPSA) is 98.0 Å². The Morgan fingerprint density at radius 2 is 1.75 bits per heavy atom. The first-order valence-corrected chi connectivity index (χ1v) is 9.18. The van der Waals surface area contributed by atoms with Gasteiger partial charge in [0.05, 0.1) is 0 Å². The second-order valence-corrected chi connectivity index (χ2v) is 7.40. The maximum absolute atomic E-state index is 11.8. The molecule has 1 amide bonds. The fraction of sp³-hybridized carbons (Fsp3) is 0.429. The van der Waals surface area contributed by atoms with Gasteiger partial charge in [0.25, 0.3) is 0 Å². The van der Waals surface area contributed by atoms with Crippen LogP contribution in [0.25, 0.3) is 0 Å². The van der Waals surface area contributed by atoms with Crippen molar-refractivity contribution < 1.29 is 28.6 Å². The number of carbonyl (C=O) groups excluding carboxylic acids is 1. The number of carbonyl (C=O) groups is 2. The summed E-state index contributed by atoms with van der Waals surface area (Å²) < 4.78 is 16.4. The van der Waals surface area contributed by atoms with Gasteiger partial charge < -0.3 is 24.3 Å². The minimum atomic E-state index is -1.17. The lowest BCUT2D eigenvalue weighted by atomic mass is 10.1. The van der Waals surface area contributed by atoms with Crippen molar-refractivity contribution in [1.29, 1.82) is 0 Å². The first kappa shape index (κ1) is 21.3. The van der Waals surface area contributed by atoms with Gasteiger partial charge in [0.1, 0.15) is 35.5 Å². The van der Waals surface area contributed by atoms with Crippen LogP contribution in [0.1, 0.15) is 44.8 Å². The Morgan fingerprint density at radius 1 is 1.11 bits per heavy atom. The Labute approximate surface area is 164 Å². The third-order valence-electron chi connectivity index (χ3n) is 3.82. The zero-order valence-corrected chi connectivity index (χ0v) is 16.7. The van der Waals surface area contributed by atoms with Gasteiger partial charge in [0, 0.05) is 6.42 Å². The maximum Gasteiger partial charge on any atom is 0.408 e. The molecule has 7 nitrogen and oxygen atoms in total. The Balaban J connectivity index is 1.91. The number of rotatable bonds is 8. The van der Waals surface area contributed by atoms with E-state index in [2.05, 4.69) is 12.2 Å². The lowest BCUT2D eigenvalue weighted by molar-refractivity contribution is -0.139. The minimum absolute atomic E-state index is 0.000225. The molecule has 0 fully saturated rings. The molecule has 1 aromatic heterocycles. The molecule has 2 rings (SSSR count). The van der Waals surface area contributed by atoms with E-state index in [0.717, 1.165) is 12.2 Å². The lowest BCUT2D eigenvalue weighted by Crippen LogP contribution is -2.44. The van der Waals surface area contributed by atoms with Gasteiger partial charge in [0.2, 0.25) is 0 Å². The van der Waals surface area contributed by atoms with Crippen molar-refractivity contribution in [2.75, 3.05) is 0 Å². The summed E-state index contributed by atoms with van der Waals surface area (Å²) in [6.07, 6.45) is 0.175. The predicted molar refractivity (Wildman–Crippen MR) is 103 cm³/mol. The molecule has 0 saturated carbocycles. The molecule has 0 aliphatic carbocycles. The number of carboxylic acid groups (broad SMARTS) is 1. The molecule has 0 saturated heterocycles. The fourth-order valence-electron chi connectivity index (χ4n) is 2.44. The number of furan rings is 1. The molecule has 7 heteroatoms. The van der Waals surface area contributed by atoms with E-state index in [9.17, 15) is 14.7 Å². The first-order valence-electron chi connectivity index (χ1n) is 9.18. The van der Waals surface area contributed by atoms with Gasteiger partial charge >= 0.3 is 12.1 Å². The highest BCUT2D eigenvalue weighted by molar-refractivity contribution is 5.80. The van der Waals surface area contributed by atoms with E-state index in [1.165, 1.54) is 5.56 Å². The van der Waals surface area contributed by atoms with E-state index in [0.29, 0.717) is 11.5 Å². The number of hydrogen-bond donors (Lipinski definition) is 2. The van der Waals surface area contributed by atoms with Crippen molar-refractivity contribution in [2.24, 2.45) is 0 Å². The Kier molecular flexibility index (Phi) is 7.09. The number of alkyl carbamates (subject to hydrolysis) is 1. The van der Waals surface area contributed by atoms with Crippen molar-refractivity contribution in [3.8, 4) is 5.75 Å². The van der Waals surface area contributed by atoms with Crippen LogP contribution < -0.4 is 10.1 Å². The lowest BCUT2D eigenvalue weighted by Gasteiger charge is -2.21. The quantitative estimate of drug-likeness (QED) is 0.710. The molecule has 1 unspecified atom stereocenters. The molecule has 0 radical (unpaired) electrons. The molecule has 152 valence electrons. The van der Waals surface area contributed by atoms with Crippen LogP contribution in [0.15, 0.2) is 40.8 Å². The summed E-state index contributed by atoms with van der Waals surface area (Å²) in [5.41, 5.74) is 0.516. The molecule has 1 atom stereocenters. The number of aryl methyl sites for hydroxylation is 1. The van der Waals surface area contributed by atoms with E-state index in [-0.39, 0.29) is 13.0 Å². The molecule has 1 aromatic carbocycles. The second kappa shape index (κ2) is 9.30. The summed E-state index contributed by atoms with van der Waals surface area (Å²) in [5, 5.41) is 11.7. The number of ether oxygens (including phenoxy) is 2. The van der Waals surface area contributed by atoms with E-state index in [1.807, 2.05) is 24.3 Å². The first-order chi connectivity index (χ1) is 13.2. The molecule has 2 N–H and O–H groups in total. The van der Waals surface area contributed by atoms with E-state index < -0.39 is 23.7 Å². The second-order valence-electron chi connectivity index (χ2n) is 7.40. The molecule has 1 heterocycles. The fourth-order valence-corrected chi connectivity index (χ4v) is 2.44. The molecular weight excluding hydrogens is 362 g/mol. The van der Waals surface area contributed by atoms with Crippen LogP contribution in [-0.2, 0) is 29.0 Å². The molecule has 0 spiro atoms. The average molecular weight is 389 g/mol. The van der Waals surface area contributed by atoms with Crippen molar-refractivity contribution in [3.63, 3.8) is 0 Å². The van der Waals surface area contributed by atoms with Crippen LogP contribution in [-0.4, -0.2) is 28.8 Å². The van der Waals surface area contributed by atoms with Gasteiger partial charge in [-0.2, -0.15) is 0 Å². The number of hydrogen-bond acceptors (Lipinski definition) is 5. The van der Waals surface area contributed by atoms with E-state index in [4.69, 9.17) is 13.9 Å². The molecule has 28 heavy (non-hydrogen) atoms. The number of aliphatic carboxylic acids is 1. The Bertz CT molecular complexity index is 788. The van der Waals surface area contributed by atoms with Gasteiger partial charge in [0.15, 0.2) is 0 Å². The average Bonchev–Trinajstić information content (AvgIpc) is 3.05. The number of nitrogens with one attached hydrogen (secondary N) is 1. The Morgan fingerprint density at radius 3 is 2.32 bits per heavy atom. The van der Waals surface area contributed by atoms with Gasteiger partial charge in [-0.3, -0.25) is 0 Å². The van der Waals surface area contributed by atoms with Crippen LogP contribution in [0.4, 0.5) is 4.79 Å². The third kappa shape index (κ3) is 6.98. The summed E-state index contributed by atoms with van der Waals surface area (Å²) in [5.74, 6) is 0.556. The standard InChI is InChI=1S/C21H27NO6/c1-5-14-6-8-15(9-7-14)26-13-17-11-10-16(27-17)12-18(19(23)24)22-20(25)28-21(2,3)4/h6-11,18H,5,12-13H2,1-4H3,(H,22,25)(H,23,24). The number of benzene rings is 1. The highest BCUT2D eigenvalue weighted by Gasteiger charge is 2.25. The van der Waals surface area contributed by atoms with Crippen molar-refractivity contribution in [1.82, 2.24) is 5.32 Å². The predicted octanol–water partition coefficient (Wildman–Crippen LogP) is 3.94. The highest BCUT2D eigenvalue weighted by Crippen LogP contribution is 2.17. The molecule has 0 aliphatic heterocycles. The summed E-state index contributed by atoms with van der Waals surface area (Å²) in [7, 11) is 0. The zero-order chi connectivity index (χ0) is 20.7. The van der Waals surface area contributed by atoms with Crippen molar-refractivity contribution in [3.05, 3.63) is 53.5 Å². The van der Waals surface area contributed by atoms with Crippen LogP contribution in [0, 0.1) is 0 Å². The SMILES string of the molecule is CCc1ccc(OCc2ccc(CC(NC(=O)OC(C)(C)C)C(=O)O)o2)cc1. The number of carboxylic acids is 1. The third-order valence-corrected chi connectivity index (χ3v) is 3.82. The molecule has 2 aromatic rings. The van der Waals surface area contributed by atoms with Crippen LogP contribution in [0.2, 0.25) is 0 Å². The van der Waals surface area contributed by atoms with Gasteiger partial charge in [-0.25, -0.2) is 9.59 Å². The van der Waals surface area contributed by atoms with E-state index in [1.54, 1.807) is 32.9 Å². The maximum atomic E-state index is 11.8. The van der Waals surface area contributed by atoms with Crippen LogP contribution in [0.5, 0.6) is 5.75 Å². The van der Waals surface area contributed by atoms with Crippen LogP contribution in [0.3, 0.4) is 0 Å². The Hall–Kier alpha value is -2.96. The van der Waals surface area contributed by atoms with Gasteiger partial charge in [-0.05, 0) is 57.0 Å². The minimum Gasteiger partial charge on any atom is -0.486 e. The zero-order valence-electron chi connectivity index (χ0n) is 16.7. The van der Waals surface area contributed by atoms with Crippen molar-refractivity contribution in [2.45, 2.75) is 58.8 Å². The molecule has 0 aliphatic rings. The summed E-state index contributed by atoms with van der Waals surface area (Å²) in [6.45, 7) is 7.43. The largest absolute Gasteiger partial charge is 0.486 e. The van der Waals surface area contributed by atoms with Gasteiger partial charge in [-0.1, -0.05) is 19.1 Å². The summed E-state index contributed by atoms with van der Waals surface area (Å²) in [4.78, 5) is 23.3. The normalized spacial score (nSPS) is 12.3.